The molecule has 0 aliphatic carbocycles. The first-order valence-electron chi connectivity index (χ1n) is 10.3. The molecule has 0 bridgehead atoms. The van der Waals surface area contributed by atoms with Crippen LogP contribution in [0.4, 0.5) is 5.69 Å². The van der Waals surface area contributed by atoms with Gasteiger partial charge in [-0.2, -0.15) is 0 Å². The SMILES string of the molecule is COc1ccc(CC[CH]c2cccc(NC(=O)CCSSc3ccccn3)c2)cc1OC. The molecule has 0 aliphatic rings. The van der Waals surface area contributed by atoms with Crippen molar-refractivity contribution in [1.29, 1.82) is 0 Å². The zero-order valence-corrected chi connectivity index (χ0v) is 19.9. The number of benzene rings is 2. The van der Waals surface area contributed by atoms with Gasteiger partial charge in [-0.25, -0.2) is 4.98 Å². The Bertz CT molecular complexity index is 999. The number of aromatic nitrogens is 1. The van der Waals surface area contributed by atoms with E-state index in [0.717, 1.165) is 46.4 Å². The van der Waals surface area contributed by atoms with Crippen LogP contribution < -0.4 is 14.8 Å². The first-order chi connectivity index (χ1) is 15.7. The van der Waals surface area contributed by atoms with Gasteiger partial charge in [0, 0.05) is 24.1 Å². The summed E-state index contributed by atoms with van der Waals surface area (Å²) in [6, 6.07) is 19.7. The smallest absolute Gasteiger partial charge is 0.225 e. The summed E-state index contributed by atoms with van der Waals surface area (Å²) >= 11 is 0. The Labute approximate surface area is 197 Å². The Morgan fingerprint density at radius 3 is 2.69 bits per heavy atom. The minimum atomic E-state index is 0.0154. The number of pyridine rings is 1. The zero-order valence-electron chi connectivity index (χ0n) is 18.2. The molecule has 32 heavy (non-hydrogen) atoms. The fourth-order valence-corrected chi connectivity index (χ4v) is 4.91. The highest BCUT2D eigenvalue weighted by Crippen LogP contribution is 2.30. The molecule has 0 saturated carbocycles. The molecule has 0 saturated heterocycles. The van der Waals surface area contributed by atoms with Crippen molar-refractivity contribution in [2.24, 2.45) is 0 Å². The van der Waals surface area contributed by atoms with Crippen LogP contribution in [0.2, 0.25) is 0 Å². The number of carbonyl (C=O) groups excluding carboxylic acids is 1. The van der Waals surface area contributed by atoms with Crippen LogP contribution in [-0.2, 0) is 11.2 Å². The van der Waals surface area contributed by atoms with Crippen molar-refractivity contribution in [2.75, 3.05) is 25.3 Å². The maximum absolute atomic E-state index is 12.3. The van der Waals surface area contributed by atoms with Crippen molar-refractivity contribution < 1.29 is 14.3 Å². The summed E-state index contributed by atoms with van der Waals surface area (Å²) in [6.45, 7) is 0. The van der Waals surface area contributed by atoms with Crippen molar-refractivity contribution >= 4 is 33.2 Å². The van der Waals surface area contributed by atoms with Gasteiger partial charge in [-0.3, -0.25) is 4.79 Å². The molecule has 1 heterocycles. The topological polar surface area (TPSA) is 60.5 Å². The summed E-state index contributed by atoms with van der Waals surface area (Å²) in [6.07, 6.45) is 6.17. The number of hydrogen-bond acceptors (Lipinski definition) is 6. The number of methoxy groups -OCH3 is 2. The standard InChI is InChI=1S/C25H27N2O3S2/c1-29-22-13-12-20(18-23(22)30-2)8-5-7-19-9-6-10-21(17-19)27-24(28)14-16-31-32-25-11-3-4-15-26-25/h3-4,6-7,9-13,15,17-18H,5,8,14,16H2,1-2H3,(H,27,28). The van der Waals surface area contributed by atoms with Crippen LogP contribution in [0.15, 0.2) is 71.9 Å². The summed E-state index contributed by atoms with van der Waals surface area (Å²) in [7, 11) is 6.50. The Balaban J connectivity index is 1.41. The van der Waals surface area contributed by atoms with Crippen LogP contribution in [-0.4, -0.2) is 30.9 Å². The van der Waals surface area contributed by atoms with Crippen LogP contribution >= 0.6 is 21.6 Å². The minimum absolute atomic E-state index is 0.0154. The second-order valence-electron chi connectivity index (χ2n) is 6.93. The predicted octanol–water partition coefficient (Wildman–Crippen LogP) is 6.05. The molecule has 5 nitrogen and oxygen atoms in total. The summed E-state index contributed by atoms with van der Waals surface area (Å²) in [4.78, 5) is 16.5. The van der Waals surface area contributed by atoms with Crippen LogP contribution in [0, 0.1) is 6.42 Å². The molecule has 3 rings (SSSR count). The van der Waals surface area contributed by atoms with E-state index in [2.05, 4.69) is 22.8 Å². The molecular weight excluding hydrogens is 440 g/mol. The van der Waals surface area contributed by atoms with Crippen molar-refractivity contribution in [3.63, 3.8) is 0 Å². The molecule has 167 valence electrons. The summed E-state index contributed by atoms with van der Waals surface area (Å²) in [5, 5.41) is 3.94. The zero-order chi connectivity index (χ0) is 22.6. The van der Waals surface area contributed by atoms with E-state index in [1.165, 1.54) is 5.56 Å². The molecule has 7 heteroatoms. The molecular formula is C25H27N2O3S2. The molecule has 0 atom stereocenters. The van der Waals surface area contributed by atoms with Crippen LogP contribution in [0.25, 0.3) is 0 Å². The maximum Gasteiger partial charge on any atom is 0.225 e. The first kappa shape index (κ1) is 24.0. The summed E-state index contributed by atoms with van der Waals surface area (Å²) in [5.74, 6) is 2.22. The Hall–Kier alpha value is -2.64. The quantitative estimate of drug-likeness (QED) is 0.258. The second-order valence-corrected chi connectivity index (χ2v) is 9.37. The van der Waals surface area contributed by atoms with Crippen molar-refractivity contribution in [3.05, 3.63) is 84.4 Å². The van der Waals surface area contributed by atoms with E-state index in [1.807, 2.05) is 54.6 Å². The van der Waals surface area contributed by atoms with E-state index >= 15 is 0 Å². The number of anilines is 1. The largest absolute Gasteiger partial charge is 0.493 e. The molecule has 1 amide bonds. The lowest BCUT2D eigenvalue weighted by Gasteiger charge is -2.10. The number of nitrogens with zero attached hydrogens (tertiary/aromatic N) is 1. The molecule has 1 N–H and O–H groups in total. The summed E-state index contributed by atoms with van der Waals surface area (Å²) in [5.41, 5.74) is 3.09. The molecule has 1 aromatic heterocycles. The average Bonchev–Trinajstić information content (AvgIpc) is 2.82. The van der Waals surface area contributed by atoms with Gasteiger partial charge in [-0.15, -0.1) is 0 Å². The Morgan fingerprint density at radius 1 is 1.03 bits per heavy atom. The molecule has 3 aromatic rings. The highest BCUT2D eigenvalue weighted by molar-refractivity contribution is 8.76. The van der Waals surface area contributed by atoms with E-state index in [0.29, 0.717) is 6.42 Å². The van der Waals surface area contributed by atoms with Gasteiger partial charge >= 0.3 is 0 Å². The van der Waals surface area contributed by atoms with Gasteiger partial charge in [0.05, 0.1) is 14.2 Å². The van der Waals surface area contributed by atoms with Gasteiger partial charge in [0.1, 0.15) is 5.03 Å². The third kappa shape index (κ3) is 7.80. The van der Waals surface area contributed by atoms with Gasteiger partial charge in [0.15, 0.2) is 11.5 Å². The average molecular weight is 468 g/mol. The van der Waals surface area contributed by atoms with Crippen LogP contribution in [0.1, 0.15) is 24.0 Å². The molecule has 0 unspecified atom stereocenters. The Morgan fingerprint density at radius 2 is 1.91 bits per heavy atom. The molecule has 0 spiro atoms. The lowest BCUT2D eigenvalue weighted by atomic mass is 10.0. The van der Waals surface area contributed by atoms with E-state index in [4.69, 9.17) is 9.47 Å². The van der Waals surface area contributed by atoms with E-state index in [1.54, 1.807) is 42.0 Å². The number of ether oxygens (including phenoxy) is 2. The fourth-order valence-electron chi connectivity index (χ4n) is 3.04. The maximum atomic E-state index is 12.3. The highest BCUT2D eigenvalue weighted by Gasteiger charge is 2.06. The minimum Gasteiger partial charge on any atom is -0.493 e. The van der Waals surface area contributed by atoms with Crippen molar-refractivity contribution in [3.8, 4) is 11.5 Å². The van der Waals surface area contributed by atoms with Crippen LogP contribution in [0.5, 0.6) is 11.5 Å². The number of rotatable bonds is 12. The molecule has 1 radical (unpaired) electrons. The first-order valence-corrected chi connectivity index (χ1v) is 12.6. The number of hydrogen-bond donors (Lipinski definition) is 1. The van der Waals surface area contributed by atoms with Crippen molar-refractivity contribution in [2.45, 2.75) is 24.3 Å². The monoisotopic (exact) mass is 467 g/mol. The number of aryl methyl sites for hydroxylation is 1. The van der Waals surface area contributed by atoms with Gasteiger partial charge in [-0.05, 0) is 77.6 Å². The third-order valence-electron chi connectivity index (χ3n) is 4.63. The second kappa shape index (κ2) is 13.0. The summed E-state index contributed by atoms with van der Waals surface area (Å²) < 4.78 is 10.7. The third-order valence-corrected chi connectivity index (χ3v) is 6.89. The van der Waals surface area contributed by atoms with Gasteiger partial charge in [0.25, 0.3) is 0 Å². The van der Waals surface area contributed by atoms with Gasteiger partial charge in [0.2, 0.25) is 5.91 Å². The fraction of sp³-hybridized carbons (Fsp3) is 0.240. The number of carbonyl (C=O) groups is 1. The Kier molecular flexibility index (Phi) is 9.78. The van der Waals surface area contributed by atoms with Gasteiger partial charge in [-0.1, -0.05) is 35.1 Å². The molecule has 0 fully saturated rings. The van der Waals surface area contributed by atoms with Gasteiger partial charge < -0.3 is 14.8 Å². The normalized spacial score (nSPS) is 10.6. The predicted molar refractivity (Wildman–Crippen MR) is 134 cm³/mol. The van der Waals surface area contributed by atoms with Crippen molar-refractivity contribution in [1.82, 2.24) is 4.98 Å². The number of nitrogens with one attached hydrogen (secondary N) is 1. The molecule has 0 aliphatic heterocycles. The van der Waals surface area contributed by atoms with E-state index < -0.39 is 0 Å². The highest BCUT2D eigenvalue weighted by atomic mass is 33.1. The molecule has 2 aromatic carbocycles. The van der Waals surface area contributed by atoms with Crippen LogP contribution in [0.3, 0.4) is 0 Å². The lowest BCUT2D eigenvalue weighted by Crippen LogP contribution is -2.12. The lowest BCUT2D eigenvalue weighted by molar-refractivity contribution is -0.115. The van der Waals surface area contributed by atoms with E-state index in [-0.39, 0.29) is 5.91 Å². The number of amides is 1. The van der Waals surface area contributed by atoms with E-state index in [9.17, 15) is 4.79 Å².